The summed E-state index contributed by atoms with van der Waals surface area (Å²) < 4.78 is 5.84. The fraction of sp³-hybridized carbons (Fsp3) is 1.00. The molecule has 0 N–H and O–H groups in total. The summed E-state index contributed by atoms with van der Waals surface area (Å²) in [7, 11) is 2.26. The van der Waals surface area contributed by atoms with Crippen molar-refractivity contribution in [2.75, 3.05) is 19.5 Å². The predicted molar refractivity (Wildman–Crippen MR) is 58.9 cm³/mol. The molecule has 3 heteroatoms. The molecule has 14 heavy (non-hydrogen) atoms. The van der Waals surface area contributed by atoms with Gasteiger partial charge in [-0.25, -0.2) is 0 Å². The molecule has 2 bridgehead atoms. The van der Waals surface area contributed by atoms with Crippen molar-refractivity contribution in [2.45, 2.75) is 50.3 Å². The Labute approximate surface area is 91.6 Å². The van der Waals surface area contributed by atoms with Crippen LogP contribution in [0.4, 0.5) is 0 Å². The smallest absolute Gasteiger partial charge is 0.0605 e. The van der Waals surface area contributed by atoms with Gasteiger partial charge < -0.3 is 9.64 Å². The van der Waals surface area contributed by atoms with Crippen LogP contribution in [0.2, 0.25) is 0 Å². The Kier molecular flexibility index (Phi) is 3.69. The van der Waals surface area contributed by atoms with Crippen LogP contribution in [0.1, 0.15) is 32.1 Å². The van der Waals surface area contributed by atoms with E-state index in [1.165, 1.54) is 25.7 Å². The molecule has 2 saturated heterocycles. The van der Waals surface area contributed by atoms with E-state index in [9.17, 15) is 0 Å². The van der Waals surface area contributed by atoms with Crippen LogP contribution in [-0.2, 0) is 4.74 Å². The Balaban J connectivity index is 1.76. The molecule has 2 unspecified atom stereocenters. The van der Waals surface area contributed by atoms with E-state index in [1.807, 2.05) is 0 Å². The van der Waals surface area contributed by atoms with Crippen molar-refractivity contribution in [3.8, 4) is 0 Å². The van der Waals surface area contributed by atoms with E-state index < -0.39 is 0 Å². The minimum atomic E-state index is 0.506. The van der Waals surface area contributed by atoms with Crippen LogP contribution < -0.4 is 0 Å². The second-order valence-electron chi connectivity index (χ2n) is 4.56. The fourth-order valence-electron chi connectivity index (χ4n) is 2.80. The third kappa shape index (κ3) is 2.23. The highest BCUT2D eigenvalue weighted by atomic mass is 35.5. The first-order valence-electron chi connectivity index (χ1n) is 5.70. The molecule has 2 atom stereocenters. The first-order chi connectivity index (χ1) is 6.81. The Morgan fingerprint density at radius 2 is 1.93 bits per heavy atom. The number of hydrogen-bond acceptors (Lipinski definition) is 2. The number of ether oxygens (including phenoxy) is 1. The van der Waals surface area contributed by atoms with Crippen LogP contribution >= 0.6 is 11.6 Å². The van der Waals surface area contributed by atoms with E-state index in [-0.39, 0.29) is 0 Å². The van der Waals surface area contributed by atoms with E-state index in [2.05, 4.69) is 11.9 Å². The molecule has 0 saturated carbocycles. The normalized spacial score (nSPS) is 37.7. The van der Waals surface area contributed by atoms with E-state index >= 15 is 0 Å². The molecule has 2 aliphatic rings. The van der Waals surface area contributed by atoms with E-state index in [0.717, 1.165) is 31.0 Å². The minimum absolute atomic E-state index is 0.506. The summed E-state index contributed by atoms with van der Waals surface area (Å²) in [6.07, 6.45) is 6.70. The molecule has 2 heterocycles. The molecular formula is C11H20ClNO. The van der Waals surface area contributed by atoms with Gasteiger partial charge in [-0.05, 0) is 39.2 Å². The second-order valence-corrected chi connectivity index (χ2v) is 4.94. The van der Waals surface area contributed by atoms with Gasteiger partial charge in [0.25, 0.3) is 0 Å². The molecule has 0 aromatic carbocycles. The summed E-state index contributed by atoms with van der Waals surface area (Å²) >= 11 is 5.62. The lowest BCUT2D eigenvalue weighted by molar-refractivity contribution is -0.0116. The largest absolute Gasteiger partial charge is 0.378 e. The maximum Gasteiger partial charge on any atom is 0.0605 e. The first-order valence-corrected chi connectivity index (χ1v) is 6.24. The summed E-state index contributed by atoms with van der Waals surface area (Å²) in [6.45, 7) is 0.845. The van der Waals surface area contributed by atoms with Crippen LogP contribution in [0.5, 0.6) is 0 Å². The van der Waals surface area contributed by atoms with Gasteiger partial charge in [0.05, 0.1) is 6.10 Å². The third-order valence-electron chi connectivity index (χ3n) is 3.69. The van der Waals surface area contributed by atoms with Crippen LogP contribution in [0.25, 0.3) is 0 Å². The summed E-state index contributed by atoms with van der Waals surface area (Å²) in [5.41, 5.74) is 0. The zero-order valence-corrected chi connectivity index (χ0v) is 9.67. The average molecular weight is 218 g/mol. The number of alkyl halides is 1. The molecule has 2 rings (SSSR count). The molecule has 0 aromatic heterocycles. The molecule has 0 radical (unpaired) electrons. The van der Waals surface area contributed by atoms with Gasteiger partial charge in [0.2, 0.25) is 0 Å². The lowest BCUT2D eigenvalue weighted by Crippen LogP contribution is -2.42. The fourth-order valence-corrected chi connectivity index (χ4v) is 2.91. The summed E-state index contributed by atoms with van der Waals surface area (Å²) in [5.74, 6) is 0.722. The molecular weight excluding hydrogens is 198 g/mol. The van der Waals surface area contributed by atoms with Gasteiger partial charge in [0.15, 0.2) is 0 Å². The zero-order chi connectivity index (χ0) is 9.97. The Morgan fingerprint density at radius 1 is 1.29 bits per heavy atom. The van der Waals surface area contributed by atoms with Gasteiger partial charge >= 0.3 is 0 Å². The van der Waals surface area contributed by atoms with Crippen LogP contribution in [0, 0.1) is 0 Å². The van der Waals surface area contributed by atoms with E-state index in [0.29, 0.717) is 6.10 Å². The quantitative estimate of drug-likeness (QED) is 0.529. The molecule has 0 amide bonds. The van der Waals surface area contributed by atoms with E-state index in [4.69, 9.17) is 16.3 Å². The van der Waals surface area contributed by atoms with Gasteiger partial charge in [0.1, 0.15) is 0 Å². The molecule has 2 fully saturated rings. The van der Waals surface area contributed by atoms with Crippen molar-refractivity contribution < 1.29 is 4.74 Å². The zero-order valence-electron chi connectivity index (χ0n) is 8.92. The van der Waals surface area contributed by atoms with Crippen molar-refractivity contribution in [3.05, 3.63) is 0 Å². The molecule has 0 aliphatic carbocycles. The SMILES string of the molecule is CN1C2CCC1CC(OCCCCl)C2. The molecule has 2 aliphatic heterocycles. The second kappa shape index (κ2) is 4.82. The number of rotatable bonds is 4. The first kappa shape index (κ1) is 10.7. The van der Waals surface area contributed by atoms with Gasteiger partial charge in [-0.3, -0.25) is 0 Å². The van der Waals surface area contributed by atoms with Crippen LogP contribution in [0.3, 0.4) is 0 Å². The Morgan fingerprint density at radius 3 is 2.50 bits per heavy atom. The number of halogens is 1. The number of piperidine rings is 1. The number of fused-ring (bicyclic) bond motifs is 2. The van der Waals surface area contributed by atoms with Crippen molar-refractivity contribution in [1.29, 1.82) is 0 Å². The highest BCUT2D eigenvalue weighted by Gasteiger charge is 2.38. The predicted octanol–water partition coefficient (Wildman–Crippen LogP) is 2.26. The van der Waals surface area contributed by atoms with Gasteiger partial charge in [-0.2, -0.15) is 0 Å². The van der Waals surface area contributed by atoms with Gasteiger partial charge in [-0.1, -0.05) is 0 Å². The average Bonchev–Trinajstić information content (AvgIpc) is 2.41. The van der Waals surface area contributed by atoms with Crippen molar-refractivity contribution in [2.24, 2.45) is 0 Å². The molecule has 2 nitrogen and oxygen atoms in total. The summed E-state index contributed by atoms with van der Waals surface area (Å²) in [6, 6.07) is 1.57. The van der Waals surface area contributed by atoms with Crippen molar-refractivity contribution in [1.82, 2.24) is 4.90 Å². The van der Waals surface area contributed by atoms with Crippen molar-refractivity contribution in [3.63, 3.8) is 0 Å². The van der Waals surface area contributed by atoms with Crippen molar-refractivity contribution >= 4 is 11.6 Å². The number of nitrogens with zero attached hydrogens (tertiary/aromatic N) is 1. The Hall–Kier alpha value is 0.210. The molecule has 0 spiro atoms. The third-order valence-corrected chi connectivity index (χ3v) is 3.95. The maximum atomic E-state index is 5.84. The number of hydrogen-bond donors (Lipinski definition) is 0. The lowest BCUT2D eigenvalue weighted by atomic mass is 10.0. The molecule has 0 aromatic rings. The van der Waals surface area contributed by atoms with Gasteiger partial charge in [0, 0.05) is 24.6 Å². The van der Waals surface area contributed by atoms with E-state index in [1.54, 1.807) is 0 Å². The minimum Gasteiger partial charge on any atom is -0.378 e. The van der Waals surface area contributed by atoms with Crippen LogP contribution in [-0.4, -0.2) is 42.6 Å². The topological polar surface area (TPSA) is 12.5 Å². The van der Waals surface area contributed by atoms with Gasteiger partial charge in [-0.15, -0.1) is 11.6 Å². The monoisotopic (exact) mass is 217 g/mol. The standard InChI is InChI=1S/C11H20ClNO/c1-13-9-3-4-10(13)8-11(7-9)14-6-2-5-12/h9-11H,2-8H2,1H3. The summed E-state index contributed by atoms with van der Waals surface area (Å²) in [5, 5.41) is 0. The highest BCUT2D eigenvalue weighted by Crippen LogP contribution is 2.35. The Bertz CT molecular complexity index is 174. The van der Waals surface area contributed by atoms with Crippen LogP contribution in [0.15, 0.2) is 0 Å². The lowest BCUT2D eigenvalue weighted by Gasteiger charge is -2.36. The maximum absolute atomic E-state index is 5.84. The highest BCUT2D eigenvalue weighted by molar-refractivity contribution is 6.17. The summed E-state index contributed by atoms with van der Waals surface area (Å²) in [4.78, 5) is 2.54. The molecule has 82 valence electrons.